The summed E-state index contributed by atoms with van der Waals surface area (Å²) >= 11 is 1.28. The van der Waals surface area contributed by atoms with Gasteiger partial charge in [0.1, 0.15) is 13.2 Å². The van der Waals surface area contributed by atoms with E-state index in [2.05, 4.69) is 10.2 Å². The van der Waals surface area contributed by atoms with Crippen molar-refractivity contribution in [1.29, 1.82) is 0 Å². The third-order valence-electron chi connectivity index (χ3n) is 4.21. The van der Waals surface area contributed by atoms with Crippen LogP contribution in [0.5, 0.6) is 11.5 Å². The van der Waals surface area contributed by atoms with Crippen LogP contribution < -0.4 is 15.2 Å². The molecule has 0 aliphatic carbocycles. The number of rotatable bonds is 8. The van der Waals surface area contributed by atoms with Gasteiger partial charge in [0.25, 0.3) is 0 Å². The number of amides is 1. The van der Waals surface area contributed by atoms with Gasteiger partial charge in [-0.2, -0.15) is 0 Å². The number of carbonyl (C=O) groups is 1. The van der Waals surface area contributed by atoms with E-state index in [1.165, 1.54) is 11.8 Å². The molecule has 2 heterocycles. The second kappa shape index (κ2) is 8.98. The van der Waals surface area contributed by atoms with Gasteiger partial charge in [-0.05, 0) is 31.0 Å². The van der Waals surface area contributed by atoms with Crippen LogP contribution in [0.3, 0.4) is 0 Å². The summed E-state index contributed by atoms with van der Waals surface area (Å²) in [6.45, 7) is 6.70. The van der Waals surface area contributed by atoms with E-state index in [9.17, 15) is 9.59 Å². The van der Waals surface area contributed by atoms with Crippen molar-refractivity contribution in [3.63, 3.8) is 0 Å². The van der Waals surface area contributed by atoms with Crippen molar-refractivity contribution in [2.45, 2.75) is 38.5 Å². The number of fused-ring (bicyclic) bond motifs is 1. The second-order valence-electron chi connectivity index (χ2n) is 6.14. The van der Waals surface area contributed by atoms with Crippen molar-refractivity contribution in [2.75, 3.05) is 25.5 Å². The lowest BCUT2D eigenvalue weighted by Gasteiger charge is -2.23. The monoisotopic (exact) mass is 392 g/mol. The van der Waals surface area contributed by atoms with Crippen LogP contribution in [0.2, 0.25) is 0 Å². The molecule has 3 rings (SSSR count). The molecule has 0 bridgehead atoms. The standard InChI is InChI=1S/C18H24N4O4S/c1-3-7-22-17(24)19-20-18(22)27-12-16(23)21(4-2)11-13-5-6-14-15(10-13)26-9-8-25-14/h5-6,10H,3-4,7-9,11-12H2,1-2H3,(H,19,24). The minimum absolute atomic E-state index is 0.00381. The van der Waals surface area contributed by atoms with Crippen molar-refractivity contribution in [3.05, 3.63) is 34.2 Å². The Morgan fingerprint density at radius 3 is 2.81 bits per heavy atom. The maximum absolute atomic E-state index is 12.6. The minimum atomic E-state index is -0.240. The van der Waals surface area contributed by atoms with E-state index < -0.39 is 0 Å². The van der Waals surface area contributed by atoms with Crippen LogP contribution in [0.15, 0.2) is 28.2 Å². The molecule has 2 aromatic rings. The Balaban J connectivity index is 1.62. The van der Waals surface area contributed by atoms with Gasteiger partial charge in [-0.15, -0.1) is 5.10 Å². The topological polar surface area (TPSA) is 89.4 Å². The Labute approximate surface area is 161 Å². The van der Waals surface area contributed by atoms with Gasteiger partial charge in [-0.3, -0.25) is 9.36 Å². The lowest BCUT2D eigenvalue weighted by Crippen LogP contribution is -2.32. The summed E-state index contributed by atoms with van der Waals surface area (Å²) in [6, 6.07) is 5.75. The van der Waals surface area contributed by atoms with Crippen LogP contribution >= 0.6 is 11.8 Å². The predicted octanol–water partition coefficient (Wildman–Crippen LogP) is 1.89. The van der Waals surface area contributed by atoms with Gasteiger partial charge in [0.2, 0.25) is 5.91 Å². The minimum Gasteiger partial charge on any atom is -0.486 e. The number of ether oxygens (including phenoxy) is 2. The first-order valence-electron chi connectivity index (χ1n) is 9.06. The number of H-pyrrole nitrogens is 1. The van der Waals surface area contributed by atoms with Crippen LogP contribution in [0, 0.1) is 0 Å². The Morgan fingerprint density at radius 1 is 1.30 bits per heavy atom. The molecule has 27 heavy (non-hydrogen) atoms. The Kier molecular flexibility index (Phi) is 6.44. The predicted molar refractivity (Wildman–Crippen MR) is 102 cm³/mol. The van der Waals surface area contributed by atoms with Crippen LogP contribution in [0.25, 0.3) is 0 Å². The Morgan fingerprint density at radius 2 is 2.07 bits per heavy atom. The van der Waals surface area contributed by atoms with Crippen molar-refractivity contribution in [2.24, 2.45) is 0 Å². The summed E-state index contributed by atoms with van der Waals surface area (Å²) in [5.41, 5.74) is 0.748. The van der Waals surface area contributed by atoms with Gasteiger partial charge < -0.3 is 14.4 Å². The highest BCUT2D eigenvalue weighted by molar-refractivity contribution is 7.99. The van der Waals surface area contributed by atoms with E-state index in [1.54, 1.807) is 9.47 Å². The van der Waals surface area contributed by atoms with Gasteiger partial charge in [0.05, 0.1) is 5.75 Å². The molecule has 0 saturated heterocycles. The molecule has 0 saturated carbocycles. The number of benzene rings is 1. The Hall–Kier alpha value is -2.42. The maximum Gasteiger partial charge on any atom is 0.343 e. The molecular formula is C18H24N4O4S. The summed E-state index contributed by atoms with van der Waals surface area (Å²) < 4.78 is 12.7. The molecule has 0 spiro atoms. The summed E-state index contributed by atoms with van der Waals surface area (Å²) in [7, 11) is 0. The number of aromatic amines is 1. The fourth-order valence-corrected chi connectivity index (χ4v) is 3.71. The smallest absolute Gasteiger partial charge is 0.343 e. The molecule has 1 aromatic carbocycles. The van der Waals surface area contributed by atoms with Crippen LogP contribution in [-0.4, -0.2) is 51.1 Å². The highest BCUT2D eigenvalue weighted by atomic mass is 32.2. The van der Waals surface area contributed by atoms with E-state index in [0.29, 0.717) is 38.0 Å². The lowest BCUT2D eigenvalue weighted by molar-refractivity contribution is -0.128. The third-order valence-corrected chi connectivity index (χ3v) is 5.17. The van der Waals surface area contributed by atoms with Gasteiger partial charge in [0, 0.05) is 19.6 Å². The maximum atomic E-state index is 12.6. The first-order valence-corrected chi connectivity index (χ1v) is 10.0. The molecule has 0 unspecified atom stereocenters. The van der Waals surface area contributed by atoms with E-state index in [4.69, 9.17) is 9.47 Å². The fourth-order valence-electron chi connectivity index (χ4n) is 2.83. The SMILES string of the molecule is CCCn1c(SCC(=O)N(CC)Cc2ccc3c(c2)OCCO3)n[nH]c1=O. The number of thioether (sulfide) groups is 1. The molecule has 0 fully saturated rings. The number of hydrogen-bond donors (Lipinski definition) is 1. The number of nitrogens with zero attached hydrogens (tertiary/aromatic N) is 3. The first-order chi connectivity index (χ1) is 13.1. The normalized spacial score (nSPS) is 12.8. The van der Waals surface area contributed by atoms with E-state index in [-0.39, 0.29) is 17.3 Å². The van der Waals surface area contributed by atoms with Gasteiger partial charge >= 0.3 is 5.69 Å². The van der Waals surface area contributed by atoms with Crippen molar-refractivity contribution < 1.29 is 14.3 Å². The molecule has 1 amide bonds. The Bertz CT molecular complexity index is 848. The zero-order valence-corrected chi connectivity index (χ0v) is 16.4. The van der Waals surface area contributed by atoms with E-state index in [1.807, 2.05) is 32.0 Å². The largest absolute Gasteiger partial charge is 0.486 e. The molecule has 1 aliphatic heterocycles. The van der Waals surface area contributed by atoms with Crippen LogP contribution in [0.4, 0.5) is 0 Å². The molecule has 146 valence electrons. The molecule has 0 radical (unpaired) electrons. The first kappa shape index (κ1) is 19.3. The average Bonchev–Trinajstić information content (AvgIpc) is 3.04. The summed E-state index contributed by atoms with van der Waals surface area (Å²) in [6.07, 6.45) is 0.826. The highest BCUT2D eigenvalue weighted by Crippen LogP contribution is 2.31. The van der Waals surface area contributed by atoms with Gasteiger partial charge in [-0.1, -0.05) is 24.8 Å². The van der Waals surface area contributed by atoms with Gasteiger partial charge in [0.15, 0.2) is 16.7 Å². The lowest BCUT2D eigenvalue weighted by atomic mass is 10.2. The van der Waals surface area contributed by atoms with E-state index >= 15 is 0 Å². The van der Waals surface area contributed by atoms with Crippen LogP contribution in [-0.2, 0) is 17.9 Å². The van der Waals surface area contributed by atoms with E-state index in [0.717, 1.165) is 23.5 Å². The quantitative estimate of drug-likeness (QED) is 0.690. The van der Waals surface area contributed by atoms with Crippen molar-refractivity contribution in [1.82, 2.24) is 19.7 Å². The zero-order valence-electron chi connectivity index (χ0n) is 15.6. The highest BCUT2D eigenvalue weighted by Gasteiger charge is 2.17. The molecular weight excluding hydrogens is 368 g/mol. The molecule has 8 nitrogen and oxygen atoms in total. The number of hydrogen-bond acceptors (Lipinski definition) is 6. The van der Waals surface area contributed by atoms with Crippen molar-refractivity contribution >= 4 is 17.7 Å². The number of nitrogens with one attached hydrogen (secondary N) is 1. The fraction of sp³-hybridized carbons (Fsp3) is 0.500. The molecule has 1 aliphatic rings. The summed E-state index contributed by atoms with van der Waals surface area (Å²) in [4.78, 5) is 26.1. The zero-order chi connectivity index (χ0) is 19.2. The third kappa shape index (κ3) is 4.65. The molecule has 9 heteroatoms. The molecule has 0 atom stereocenters. The number of aromatic nitrogens is 3. The molecule has 1 N–H and O–H groups in total. The summed E-state index contributed by atoms with van der Waals surface area (Å²) in [5, 5.41) is 7.00. The van der Waals surface area contributed by atoms with Crippen LogP contribution in [0.1, 0.15) is 25.8 Å². The van der Waals surface area contributed by atoms with Crippen molar-refractivity contribution in [3.8, 4) is 11.5 Å². The summed E-state index contributed by atoms with van der Waals surface area (Å²) in [5.74, 6) is 1.68. The number of carbonyl (C=O) groups excluding carboxylic acids is 1. The molecule has 1 aromatic heterocycles. The average molecular weight is 392 g/mol. The second-order valence-corrected chi connectivity index (χ2v) is 7.08. The van der Waals surface area contributed by atoms with Gasteiger partial charge in [-0.25, -0.2) is 9.89 Å².